The fourth-order valence-corrected chi connectivity index (χ4v) is 4.18. The van der Waals surface area contributed by atoms with Gasteiger partial charge >= 0.3 is 6.03 Å². The van der Waals surface area contributed by atoms with Gasteiger partial charge in [0.15, 0.2) is 5.69 Å². The highest BCUT2D eigenvalue weighted by atomic mass is 16.5. The molecule has 0 atom stereocenters. The van der Waals surface area contributed by atoms with E-state index in [2.05, 4.69) is 20.6 Å². The molecule has 5 rings (SSSR count). The van der Waals surface area contributed by atoms with Crippen LogP contribution in [-0.4, -0.2) is 51.7 Å². The molecular weight excluding hydrogens is 448 g/mol. The summed E-state index contributed by atoms with van der Waals surface area (Å²) >= 11 is 0. The first kappa shape index (κ1) is 22.5. The van der Waals surface area contributed by atoms with E-state index >= 15 is 0 Å². The third kappa shape index (κ3) is 4.30. The number of carbonyl (C=O) groups is 1. The van der Waals surface area contributed by atoms with Gasteiger partial charge in [0.05, 0.1) is 26.5 Å². The molecule has 10 heteroatoms. The first-order valence-electron chi connectivity index (χ1n) is 11.2. The van der Waals surface area contributed by atoms with E-state index in [1.165, 1.54) is 0 Å². The Bertz CT molecular complexity index is 1380. The highest BCUT2D eigenvalue weighted by Crippen LogP contribution is 2.32. The predicted octanol–water partition coefficient (Wildman–Crippen LogP) is 4.05. The Hall–Kier alpha value is -4.34. The zero-order valence-corrected chi connectivity index (χ0v) is 20.0. The van der Waals surface area contributed by atoms with Crippen LogP contribution in [0.3, 0.4) is 0 Å². The number of benzene rings is 2. The third-order valence-electron chi connectivity index (χ3n) is 6.10. The number of rotatable bonds is 5. The van der Waals surface area contributed by atoms with E-state index in [0.717, 1.165) is 22.4 Å². The Morgan fingerprint density at radius 1 is 1.06 bits per heavy atom. The second-order valence-electron chi connectivity index (χ2n) is 8.34. The van der Waals surface area contributed by atoms with E-state index < -0.39 is 0 Å². The van der Waals surface area contributed by atoms with Gasteiger partial charge in [0, 0.05) is 42.9 Å². The number of amides is 2. The molecule has 0 fully saturated rings. The number of hydrogen-bond donors (Lipinski definition) is 1. The Morgan fingerprint density at radius 2 is 1.83 bits per heavy atom. The molecule has 0 radical (unpaired) electrons. The maximum Gasteiger partial charge on any atom is 0.322 e. The predicted molar refractivity (Wildman–Crippen MR) is 129 cm³/mol. The van der Waals surface area contributed by atoms with Gasteiger partial charge in [-0.15, -0.1) is 10.2 Å². The van der Waals surface area contributed by atoms with Crippen molar-refractivity contribution in [2.45, 2.75) is 19.9 Å². The largest absolute Gasteiger partial charge is 0.497 e. The van der Waals surface area contributed by atoms with E-state index in [9.17, 15) is 4.79 Å². The fraction of sp³-hybridized carbons (Fsp3) is 0.280. The SMILES string of the molecule is COc1ccc(OC)c(NC(=O)N2CCc3c(c(-c4nnc(-c5ccc(C)cc5)o4)nn3C)C2)c1. The zero-order valence-electron chi connectivity index (χ0n) is 20.0. The van der Waals surface area contributed by atoms with Crippen LogP contribution in [0.15, 0.2) is 46.9 Å². The van der Waals surface area contributed by atoms with Crippen molar-refractivity contribution in [3.8, 4) is 34.5 Å². The lowest BCUT2D eigenvalue weighted by molar-refractivity contribution is 0.205. The van der Waals surface area contributed by atoms with E-state index in [0.29, 0.717) is 54.2 Å². The molecule has 0 aliphatic carbocycles. The van der Waals surface area contributed by atoms with E-state index in [-0.39, 0.29) is 6.03 Å². The van der Waals surface area contributed by atoms with Crippen LogP contribution < -0.4 is 14.8 Å². The Labute approximate surface area is 202 Å². The zero-order chi connectivity index (χ0) is 24.5. The van der Waals surface area contributed by atoms with Crippen molar-refractivity contribution in [2.75, 3.05) is 26.1 Å². The van der Waals surface area contributed by atoms with Crippen LogP contribution >= 0.6 is 0 Å². The van der Waals surface area contributed by atoms with Crippen LogP contribution in [0.1, 0.15) is 16.8 Å². The van der Waals surface area contributed by atoms with Gasteiger partial charge < -0.3 is 24.1 Å². The highest BCUT2D eigenvalue weighted by Gasteiger charge is 2.30. The van der Waals surface area contributed by atoms with Crippen LogP contribution in [0.2, 0.25) is 0 Å². The Morgan fingerprint density at radius 3 is 2.57 bits per heavy atom. The van der Waals surface area contributed by atoms with Gasteiger partial charge in [-0.25, -0.2) is 4.79 Å². The molecule has 180 valence electrons. The first-order chi connectivity index (χ1) is 17.0. The summed E-state index contributed by atoms with van der Waals surface area (Å²) in [6.45, 7) is 2.93. The number of methoxy groups -OCH3 is 2. The van der Waals surface area contributed by atoms with Gasteiger partial charge in [-0.05, 0) is 31.2 Å². The lowest BCUT2D eigenvalue weighted by atomic mass is 10.1. The summed E-state index contributed by atoms with van der Waals surface area (Å²) in [7, 11) is 5.02. The average Bonchev–Trinajstić information content (AvgIpc) is 3.49. The molecule has 35 heavy (non-hydrogen) atoms. The minimum absolute atomic E-state index is 0.247. The molecule has 2 amide bonds. The summed E-state index contributed by atoms with van der Waals surface area (Å²) in [5, 5.41) is 16.0. The molecule has 0 spiro atoms. The highest BCUT2D eigenvalue weighted by molar-refractivity contribution is 5.91. The first-order valence-corrected chi connectivity index (χ1v) is 11.2. The molecular formula is C25H26N6O4. The molecule has 1 aliphatic heterocycles. The number of fused-ring (bicyclic) bond motifs is 1. The molecule has 10 nitrogen and oxygen atoms in total. The maximum atomic E-state index is 13.2. The van der Waals surface area contributed by atoms with E-state index in [1.807, 2.05) is 42.9 Å². The van der Waals surface area contributed by atoms with Crippen LogP contribution in [0.25, 0.3) is 23.0 Å². The lowest BCUT2D eigenvalue weighted by Gasteiger charge is -2.28. The van der Waals surface area contributed by atoms with Gasteiger partial charge in [0.1, 0.15) is 11.5 Å². The molecule has 0 saturated heterocycles. The standard InChI is InChI=1S/C25H26N6O4/c1-15-5-7-16(8-6-15)23-27-28-24(35-23)22-18-14-31(12-11-20(18)30(2)29-22)25(32)26-19-13-17(33-3)9-10-21(19)34-4/h5-10,13H,11-12,14H2,1-4H3,(H,26,32). The quantitative estimate of drug-likeness (QED) is 0.465. The fourth-order valence-electron chi connectivity index (χ4n) is 4.18. The van der Waals surface area contributed by atoms with Crippen molar-refractivity contribution >= 4 is 11.7 Å². The van der Waals surface area contributed by atoms with Crippen molar-refractivity contribution < 1.29 is 18.7 Å². The molecule has 3 heterocycles. The van der Waals surface area contributed by atoms with Gasteiger partial charge in [-0.3, -0.25) is 4.68 Å². The summed E-state index contributed by atoms with van der Waals surface area (Å²) in [5.74, 6) is 1.93. The summed E-state index contributed by atoms with van der Waals surface area (Å²) in [6.07, 6.45) is 0.653. The molecule has 0 saturated carbocycles. The summed E-state index contributed by atoms with van der Waals surface area (Å²) in [5.41, 5.74) is 5.05. The van der Waals surface area contributed by atoms with Gasteiger partial charge in [-0.1, -0.05) is 17.7 Å². The lowest BCUT2D eigenvalue weighted by Crippen LogP contribution is -2.39. The molecule has 1 N–H and O–H groups in total. The average molecular weight is 475 g/mol. The topological polar surface area (TPSA) is 108 Å². The smallest absolute Gasteiger partial charge is 0.322 e. The third-order valence-corrected chi connectivity index (χ3v) is 6.10. The van der Waals surface area contributed by atoms with Crippen LogP contribution in [0.4, 0.5) is 10.5 Å². The molecule has 4 aromatic rings. The number of aryl methyl sites for hydroxylation is 2. The molecule has 2 aromatic heterocycles. The molecule has 0 unspecified atom stereocenters. The van der Waals surface area contributed by atoms with Gasteiger partial charge in [0.2, 0.25) is 5.89 Å². The van der Waals surface area contributed by atoms with Crippen LogP contribution in [0, 0.1) is 6.92 Å². The van der Waals surface area contributed by atoms with Crippen molar-refractivity contribution in [2.24, 2.45) is 7.05 Å². The second-order valence-corrected chi connectivity index (χ2v) is 8.34. The number of carbonyl (C=O) groups excluding carboxylic acids is 1. The maximum absolute atomic E-state index is 13.2. The van der Waals surface area contributed by atoms with Crippen molar-refractivity contribution in [1.29, 1.82) is 0 Å². The molecule has 0 bridgehead atoms. The normalized spacial score (nSPS) is 12.9. The number of hydrogen-bond acceptors (Lipinski definition) is 7. The van der Waals surface area contributed by atoms with E-state index in [1.54, 1.807) is 37.3 Å². The number of anilines is 1. The van der Waals surface area contributed by atoms with Crippen LogP contribution in [-0.2, 0) is 20.0 Å². The Balaban J connectivity index is 1.39. The molecule has 2 aromatic carbocycles. The number of nitrogens with zero attached hydrogens (tertiary/aromatic N) is 5. The monoisotopic (exact) mass is 474 g/mol. The minimum atomic E-state index is -0.247. The summed E-state index contributed by atoms with van der Waals surface area (Å²) in [4.78, 5) is 14.9. The summed E-state index contributed by atoms with van der Waals surface area (Å²) < 4.78 is 18.5. The summed E-state index contributed by atoms with van der Waals surface area (Å²) in [6, 6.07) is 12.9. The number of urea groups is 1. The van der Waals surface area contributed by atoms with Crippen molar-refractivity contribution in [3.63, 3.8) is 0 Å². The Kier molecular flexibility index (Phi) is 5.86. The van der Waals surface area contributed by atoms with E-state index in [4.69, 9.17) is 13.9 Å². The minimum Gasteiger partial charge on any atom is -0.497 e. The molecule has 1 aliphatic rings. The van der Waals surface area contributed by atoms with Gasteiger partial charge in [-0.2, -0.15) is 5.10 Å². The van der Waals surface area contributed by atoms with Crippen molar-refractivity contribution in [3.05, 3.63) is 59.3 Å². The number of nitrogens with one attached hydrogen (secondary N) is 1. The second kappa shape index (κ2) is 9.13. The van der Waals surface area contributed by atoms with Crippen molar-refractivity contribution in [1.82, 2.24) is 24.9 Å². The number of aromatic nitrogens is 4. The van der Waals surface area contributed by atoms with Gasteiger partial charge in [0.25, 0.3) is 5.89 Å². The number of ether oxygens (including phenoxy) is 2. The van der Waals surface area contributed by atoms with Crippen LogP contribution in [0.5, 0.6) is 11.5 Å².